The molecule has 0 bridgehead atoms. The molecule has 0 radical (unpaired) electrons. The van der Waals surface area contributed by atoms with Gasteiger partial charge in [-0.15, -0.1) is 0 Å². The van der Waals surface area contributed by atoms with E-state index in [1.807, 2.05) is 0 Å². The van der Waals surface area contributed by atoms with Gasteiger partial charge in [0.25, 0.3) is 5.97 Å². The van der Waals surface area contributed by atoms with Crippen LogP contribution >= 0.6 is 0 Å². The van der Waals surface area contributed by atoms with Gasteiger partial charge in [-0.05, 0) is 13.8 Å². The van der Waals surface area contributed by atoms with Crippen molar-refractivity contribution in [3.8, 4) is 0 Å². The summed E-state index contributed by atoms with van der Waals surface area (Å²) in [6, 6.07) is 0. The summed E-state index contributed by atoms with van der Waals surface area (Å²) in [6.45, 7) is 8.60. The predicted molar refractivity (Wildman–Crippen MR) is 87.0 cm³/mol. The Bertz CT molecular complexity index is 576. The molecule has 0 aliphatic carbocycles. The van der Waals surface area contributed by atoms with Crippen LogP contribution < -0.4 is 0 Å². The second-order valence-electron chi connectivity index (χ2n) is 6.72. The zero-order valence-electron chi connectivity index (χ0n) is 16.3. The third-order valence-electron chi connectivity index (χ3n) is 3.78. The Morgan fingerprint density at radius 2 is 1.56 bits per heavy atom. The molecule has 0 spiro atoms. The van der Waals surface area contributed by atoms with Crippen LogP contribution in [-0.4, -0.2) is 67.3 Å². The van der Waals surface area contributed by atoms with Gasteiger partial charge in [0.15, 0.2) is 24.6 Å². The average molecular weight is 390 g/mol. The maximum absolute atomic E-state index is 11.6. The smallest absolute Gasteiger partial charge is 0.303 e. The summed E-state index contributed by atoms with van der Waals surface area (Å²) in [5, 5.41) is 0. The molecule has 2 rings (SSSR count). The molecule has 0 unspecified atom stereocenters. The van der Waals surface area contributed by atoms with Gasteiger partial charge >= 0.3 is 17.9 Å². The average Bonchev–Trinajstić information content (AvgIpc) is 2.81. The molecule has 27 heavy (non-hydrogen) atoms. The molecule has 0 N–H and O–H groups in total. The second-order valence-corrected chi connectivity index (χ2v) is 6.72. The zero-order valence-corrected chi connectivity index (χ0v) is 16.3. The molecule has 0 aromatic heterocycles. The third kappa shape index (κ3) is 5.61. The molecular weight excluding hydrogens is 364 g/mol. The molecule has 2 aliphatic rings. The number of fused-ring (bicyclic) bond motifs is 1. The van der Waals surface area contributed by atoms with E-state index in [-0.39, 0.29) is 12.7 Å². The first-order valence-corrected chi connectivity index (χ1v) is 8.67. The number of hydrogen-bond donors (Lipinski definition) is 0. The Kier molecular flexibility index (Phi) is 6.79. The summed E-state index contributed by atoms with van der Waals surface area (Å²) in [7, 11) is 0. The van der Waals surface area contributed by atoms with Crippen LogP contribution in [0.3, 0.4) is 0 Å². The monoisotopic (exact) mass is 390 g/mol. The summed E-state index contributed by atoms with van der Waals surface area (Å²) < 4.78 is 38.6. The molecular formula is C17H26O10. The van der Waals surface area contributed by atoms with Crippen molar-refractivity contribution in [1.29, 1.82) is 0 Å². The number of ether oxygens (including phenoxy) is 7. The van der Waals surface area contributed by atoms with Crippen molar-refractivity contribution < 1.29 is 47.5 Å². The molecule has 2 heterocycles. The summed E-state index contributed by atoms with van der Waals surface area (Å²) in [5.74, 6) is -3.21. The third-order valence-corrected chi connectivity index (χ3v) is 3.78. The number of carbonyl (C=O) groups is 3. The molecule has 0 saturated carbocycles. The van der Waals surface area contributed by atoms with E-state index < -0.39 is 54.6 Å². The molecule has 0 aromatic rings. The van der Waals surface area contributed by atoms with Crippen molar-refractivity contribution in [2.75, 3.05) is 6.61 Å². The van der Waals surface area contributed by atoms with E-state index in [1.54, 1.807) is 20.8 Å². The molecule has 154 valence electrons. The number of esters is 3. The second kappa shape index (κ2) is 8.51. The SMILES string of the molecule is CC(=O)OC[C@@H]1O[C@@H]2O[C@](C)(OC(C)C)O[C@H]2[C@H](OC(C)=O)[C@@H]1OC(C)=O. The van der Waals surface area contributed by atoms with E-state index in [9.17, 15) is 14.4 Å². The first kappa shape index (κ1) is 21.5. The largest absolute Gasteiger partial charge is 0.463 e. The number of carbonyl (C=O) groups excluding carboxylic acids is 3. The maximum atomic E-state index is 11.6. The van der Waals surface area contributed by atoms with Crippen LogP contribution in [0.25, 0.3) is 0 Å². The Morgan fingerprint density at radius 1 is 0.963 bits per heavy atom. The fourth-order valence-corrected chi connectivity index (χ4v) is 3.06. The van der Waals surface area contributed by atoms with Crippen LogP contribution in [0.1, 0.15) is 41.5 Å². The molecule has 2 aliphatic heterocycles. The van der Waals surface area contributed by atoms with Crippen molar-refractivity contribution in [3.05, 3.63) is 0 Å². The van der Waals surface area contributed by atoms with Crippen LogP contribution in [0.4, 0.5) is 0 Å². The van der Waals surface area contributed by atoms with Gasteiger partial charge in [-0.25, -0.2) is 0 Å². The Hall–Kier alpha value is -1.75. The van der Waals surface area contributed by atoms with Crippen LogP contribution in [0, 0.1) is 0 Å². The van der Waals surface area contributed by atoms with Crippen LogP contribution in [0.5, 0.6) is 0 Å². The van der Waals surface area contributed by atoms with Gasteiger partial charge < -0.3 is 28.4 Å². The first-order valence-electron chi connectivity index (χ1n) is 8.67. The van der Waals surface area contributed by atoms with Crippen molar-refractivity contribution in [2.24, 2.45) is 0 Å². The summed E-state index contributed by atoms with van der Waals surface area (Å²) in [5.41, 5.74) is 0. The van der Waals surface area contributed by atoms with Crippen LogP contribution in [0.2, 0.25) is 0 Å². The standard InChI is InChI=1S/C17H26O10/c1-8(2)25-17(6)26-15-14(23-11(5)20)13(22-10(4)19)12(7-21-9(3)18)24-16(15)27-17/h8,12-16H,7H2,1-6H3/t12-,13+,14+,15-,16+,17+/m0/s1. The first-order chi connectivity index (χ1) is 12.5. The minimum Gasteiger partial charge on any atom is -0.463 e. The zero-order chi connectivity index (χ0) is 20.4. The van der Waals surface area contributed by atoms with E-state index >= 15 is 0 Å². The highest BCUT2D eigenvalue weighted by atomic mass is 16.9. The van der Waals surface area contributed by atoms with Crippen LogP contribution in [-0.2, 0) is 47.5 Å². The van der Waals surface area contributed by atoms with Gasteiger partial charge in [0, 0.05) is 27.7 Å². The van der Waals surface area contributed by atoms with Crippen molar-refractivity contribution in [3.63, 3.8) is 0 Å². The number of hydrogen-bond acceptors (Lipinski definition) is 10. The van der Waals surface area contributed by atoms with Crippen LogP contribution in [0.15, 0.2) is 0 Å². The molecule has 0 aromatic carbocycles. The minimum atomic E-state index is -1.45. The van der Waals surface area contributed by atoms with Gasteiger partial charge in [-0.2, -0.15) is 0 Å². The van der Waals surface area contributed by atoms with Gasteiger partial charge in [-0.1, -0.05) is 0 Å². The van der Waals surface area contributed by atoms with E-state index in [1.165, 1.54) is 20.8 Å². The summed E-state index contributed by atoms with van der Waals surface area (Å²) >= 11 is 0. The van der Waals surface area contributed by atoms with Gasteiger partial charge in [-0.3, -0.25) is 19.1 Å². The predicted octanol–water partition coefficient (Wildman–Crippen LogP) is 0.652. The minimum absolute atomic E-state index is 0.219. The summed E-state index contributed by atoms with van der Waals surface area (Å²) in [6.07, 6.45) is -5.13. The fourth-order valence-electron chi connectivity index (χ4n) is 3.06. The highest BCUT2D eigenvalue weighted by Crippen LogP contribution is 2.40. The highest BCUT2D eigenvalue weighted by molar-refractivity contribution is 5.67. The lowest BCUT2D eigenvalue weighted by molar-refractivity contribution is -0.355. The van der Waals surface area contributed by atoms with E-state index in [0.717, 1.165) is 0 Å². The molecule has 6 atom stereocenters. The maximum Gasteiger partial charge on any atom is 0.303 e. The normalized spacial score (nSPS) is 35.4. The number of rotatable bonds is 6. The lowest BCUT2D eigenvalue weighted by Gasteiger charge is -2.40. The lowest BCUT2D eigenvalue weighted by atomic mass is 9.98. The highest BCUT2D eigenvalue weighted by Gasteiger charge is 2.59. The van der Waals surface area contributed by atoms with E-state index in [0.29, 0.717) is 0 Å². The Balaban J connectivity index is 2.30. The Morgan fingerprint density at radius 3 is 2.07 bits per heavy atom. The van der Waals surface area contributed by atoms with Crippen molar-refractivity contribution in [2.45, 2.75) is 84.3 Å². The molecule has 10 nitrogen and oxygen atoms in total. The van der Waals surface area contributed by atoms with Crippen molar-refractivity contribution in [1.82, 2.24) is 0 Å². The van der Waals surface area contributed by atoms with Crippen molar-refractivity contribution >= 4 is 17.9 Å². The Labute approximate surface area is 157 Å². The molecule has 2 saturated heterocycles. The quantitative estimate of drug-likeness (QED) is 0.473. The lowest BCUT2D eigenvalue weighted by Crippen LogP contribution is -2.60. The topological polar surface area (TPSA) is 116 Å². The fraction of sp³-hybridized carbons (Fsp3) is 0.824. The van der Waals surface area contributed by atoms with E-state index in [2.05, 4.69) is 0 Å². The van der Waals surface area contributed by atoms with Gasteiger partial charge in [0.05, 0.1) is 6.10 Å². The van der Waals surface area contributed by atoms with Gasteiger partial charge in [0.1, 0.15) is 12.7 Å². The molecule has 10 heteroatoms. The van der Waals surface area contributed by atoms with Gasteiger partial charge in [0.2, 0.25) is 0 Å². The summed E-state index contributed by atoms with van der Waals surface area (Å²) in [4.78, 5) is 34.4. The van der Waals surface area contributed by atoms with E-state index in [4.69, 9.17) is 33.2 Å². The molecule has 0 amide bonds. The molecule has 2 fully saturated rings.